The summed E-state index contributed by atoms with van der Waals surface area (Å²) >= 11 is 5.90. The molecular weight excluding hydrogens is 186 g/mol. The maximum Gasteiger partial charge on any atom is 0.0638 e. The zero-order valence-electron chi connectivity index (χ0n) is 7.26. The number of halogens is 1. The van der Waals surface area contributed by atoms with Crippen molar-refractivity contribution in [2.45, 2.75) is 18.3 Å². The van der Waals surface area contributed by atoms with E-state index in [-0.39, 0.29) is 12.0 Å². The first-order chi connectivity index (χ1) is 6.18. The molecule has 1 aromatic carbocycles. The second kappa shape index (κ2) is 2.89. The van der Waals surface area contributed by atoms with Crippen molar-refractivity contribution in [3.63, 3.8) is 0 Å². The van der Waals surface area contributed by atoms with Gasteiger partial charge in [0.15, 0.2) is 0 Å². The first kappa shape index (κ1) is 8.85. The standard InChI is InChI=1S/C10H12ClNO/c11-8-5-7(1-2-9(8)12)10(6-13)3-4-10/h1-2,5,13H,3-4,6,12H2. The molecular formula is C10H12ClNO. The zero-order chi connectivity index (χ0) is 9.47. The quantitative estimate of drug-likeness (QED) is 0.712. The molecule has 0 bridgehead atoms. The van der Waals surface area contributed by atoms with Gasteiger partial charge in [0.05, 0.1) is 17.3 Å². The van der Waals surface area contributed by atoms with Crippen molar-refractivity contribution >= 4 is 17.3 Å². The molecule has 0 atom stereocenters. The number of rotatable bonds is 2. The summed E-state index contributed by atoms with van der Waals surface area (Å²) < 4.78 is 0. The van der Waals surface area contributed by atoms with Crippen molar-refractivity contribution in [1.29, 1.82) is 0 Å². The van der Waals surface area contributed by atoms with Gasteiger partial charge in [-0.2, -0.15) is 0 Å². The number of nitrogens with two attached hydrogens (primary N) is 1. The van der Waals surface area contributed by atoms with Crippen molar-refractivity contribution in [2.75, 3.05) is 12.3 Å². The van der Waals surface area contributed by atoms with Crippen LogP contribution in [0.1, 0.15) is 18.4 Å². The Hall–Kier alpha value is -0.730. The SMILES string of the molecule is Nc1ccc(C2(CO)CC2)cc1Cl. The van der Waals surface area contributed by atoms with Gasteiger partial charge in [0, 0.05) is 5.41 Å². The molecule has 2 nitrogen and oxygen atoms in total. The lowest BCUT2D eigenvalue weighted by Gasteiger charge is -2.12. The number of hydrogen-bond donors (Lipinski definition) is 2. The minimum absolute atomic E-state index is 0.0165. The van der Waals surface area contributed by atoms with Crippen LogP contribution in [-0.4, -0.2) is 11.7 Å². The predicted molar refractivity (Wildman–Crippen MR) is 53.9 cm³/mol. The van der Waals surface area contributed by atoms with Crippen LogP contribution < -0.4 is 5.73 Å². The fraction of sp³-hybridized carbons (Fsp3) is 0.400. The Morgan fingerprint density at radius 2 is 2.15 bits per heavy atom. The van der Waals surface area contributed by atoms with Gasteiger partial charge in [0.2, 0.25) is 0 Å². The second-order valence-corrected chi connectivity index (χ2v) is 4.08. The Bertz CT molecular complexity index is 334. The van der Waals surface area contributed by atoms with Crippen LogP contribution in [0.4, 0.5) is 5.69 Å². The van der Waals surface area contributed by atoms with Crippen LogP contribution in [0, 0.1) is 0 Å². The van der Waals surface area contributed by atoms with E-state index in [1.54, 1.807) is 6.07 Å². The average molecular weight is 198 g/mol. The van der Waals surface area contributed by atoms with E-state index in [0.29, 0.717) is 10.7 Å². The predicted octanol–water partition coefficient (Wildman–Crippen LogP) is 1.95. The van der Waals surface area contributed by atoms with Crippen molar-refractivity contribution in [1.82, 2.24) is 0 Å². The van der Waals surface area contributed by atoms with Crippen LogP contribution in [0.5, 0.6) is 0 Å². The second-order valence-electron chi connectivity index (χ2n) is 3.67. The summed E-state index contributed by atoms with van der Waals surface area (Å²) in [5.74, 6) is 0. The van der Waals surface area contributed by atoms with Gasteiger partial charge in [0.1, 0.15) is 0 Å². The number of benzene rings is 1. The van der Waals surface area contributed by atoms with Crippen LogP contribution in [0.25, 0.3) is 0 Å². The van der Waals surface area contributed by atoms with E-state index < -0.39 is 0 Å². The van der Waals surface area contributed by atoms with E-state index in [1.807, 2.05) is 12.1 Å². The molecule has 1 fully saturated rings. The van der Waals surface area contributed by atoms with E-state index in [1.165, 1.54) is 0 Å². The van der Waals surface area contributed by atoms with Crippen LogP contribution in [0.3, 0.4) is 0 Å². The average Bonchev–Trinajstić information content (AvgIpc) is 2.90. The van der Waals surface area contributed by atoms with Gasteiger partial charge in [-0.25, -0.2) is 0 Å². The first-order valence-electron chi connectivity index (χ1n) is 4.34. The summed E-state index contributed by atoms with van der Waals surface area (Å²) in [7, 11) is 0. The molecule has 0 aromatic heterocycles. The van der Waals surface area contributed by atoms with Gasteiger partial charge in [-0.1, -0.05) is 17.7 Å². The molecule has 0 unspecified atom stereocenters. The summed E-state index contributed by atoms with van der Waals surface area (Å²) in [4.78, 5) is 0. The van der Waals surface area contributed by atoms with Crippen molar-refractivity contribution < 1.29 is 5.11 Å². The van der Waals surface area contributed by atoms with Crippen LogP contribution in [-0.2, 0) is 5.41 Å². The third-order valence-corrected chi connectivity index (χ3v) is 3.10. The lowest BCUT2D eigenvalue weighted by Crippen LogP contribution is -2.11. The third kappa shape index (κ3) is 1.40. The van der Waals surface area contributed by atoms with Crippen LogP contribution in [0.15, 0.2) is 18.2 Å². The Labute approximate surface area is 82.3 Å². The van der Waals surface area contributed by atoms with E-state index in [9.17, 15) is 5.11 Å². The minimum atomic E-state index is -0.0165. The molecule has 0 aliphatic heterocycles. The highest BCUT2D eigenvalue weighted by atomic mass is 35.5. The maximum absolute atomic E-state index is 9.20. The Morgan fingerprint density at radius 3 is 2.62 bits per heavy atom. The molecule has 13 heavy (non-hydrogen) atoms. The molecule has 0 radical (unpaired) electrons. The van der Waals surface area contributed by atoms with E-state index in [0.717, 1.165) is 18.4 Å². The Balaban J connectivity index is 2.37. The molecule has 1 aliphatic carbocycles. The van der Waals surface area contributed by atoms with E-state index in [2.05, 4.69) is 0 Å². The van der Waals surface area contributed by atoms with Crippen LogP contribution in [0.2, 0.25) is 5.02 Å². The highest BCUT2D eigenvalue weighted by Gasteiger charge is 2.43. The van der Waals surface area contributed by atoms with Crippen molar-refractivity contribution in [3.8, 4) is 0 Å². The Kier molecular flexibility index (Phi) is 1.97. The normalized spacial score (nSPS) is 18.6. The number of aliphatic hydroxyl groups excluding tert-OH is 1. The molecule has 70 valence electrons. The molecule has 3 N–H and O–H groups in total. The first-order valence-corrected chi connectivity index (χ1v) is 4.72. The highest BCUT2D eigenvalue weighted by molar-refractivity contribution is 6.33. The molecule has 0 saturated heterocycles. The Morgan fingerprint density at radius 1 is 1.46 bits per heavy atom. The number of nitrogen functional groups attached to an aromatic ring is 1. The van der Waals surface area contributed by atoms with Gasteiger partial charge in [-0.05, 0) is 30.5 Å². The van der Waals surface area contributed by atoms with Crippen LogP contribution >= 0.6 is 11.6 Å². The third-order valence-electron chi connectivity index (χ3n) is 2.77. The van der Waals surface area contributed by atoms with Gasteiger partial charge in [-0.3, -0.25) is 0 Å². The molecule has 3 heteroatoms. The monoisotopic (exact) mass is 197 g/mol. The summed E-state index contributed by atoms with van der Waals surface area (Å²) in [6, 6.07) is 5.61. The van der Waals surface area contributed by atoms with Gasteiger partial charge >= 0.3 is 0 Å². The van der Waals surface area contributed by atoms with Gasteiger partial charge < -0.3 is 10.8 Å². The fourth-order valence-corrected chi connectivity index (χ4v) is 1.73. The van der Waals surface area contributed by atoms with Crippen molar-refractivity contribution in [3.05, 3.63) is 28.8 Å². The zero-order valence-corrected chi connectivity index (χ0v) is 8.01. The summed E-state index contributed by atoms with van der Waals surface area (Å²) in [5.41, 5.74) is 7.29. The summed E-state index contributed by atoms with van der Waals surface area (Å²) in [6.45, 7) is 0.202. The smallest absolute Gasteiger partial charge is 0.0638 e. The molecule has 0 heterocycles. The molecule has 0 amide bonds. The summed E-state index contributed by atoms with van der Waals surface area (Å²) in [5, 5.41) is 9.78. The number of anilines is 1. The van der Waals surface area contributed by atoms with E-state index >= 15 is 0 Å². The largest absolute Gasteiger partial charge is 0.398 e. The van der Waals surface area contributed by atoms with E-state index in [4.69, 9.17) is 17.3 Å². The molecule has 1 aromatic rings. The topological polar surface area (TPSA) is 46.2 Å². The summed E-state index contributed by atoms with van der Waals surface area (Å²) in [6.07, 6.45) is 2.09. The lowest BCUT2D eigenvalue weighted by molar-refractivity contribution is 0.255. The van der Waals surface area contributed by atoms with Gasteiger partial charge in [0.25, 0.3) is 0 Å². The fourth-order valence-electron chi connectivity index (χ4n) is 1.55. The highest BCUT2D eigenvalue weighted by Crippen LogP contribution is 2.48. The molecule has 1 aliphatic rings. The molecule has 1 saturated carbocycles. The molecule has 2 rings (SSSR count). The van der Waals surface area contributed by atoms with Gasteiger partial charge in [-0.15, -0.1) is 0 Å². The van der Waals surface area contributed by atoms with Crippen molar-refractivity contribution in [2.24, 2.45) is 0 Å². The number of hydrogen-bond acceptors (Lipinski definition) is 2. The minimum Gasteiger partial charge on any atom is -0.398 e. The lowest BCUT2D eigenvalue weighted by atomic mass is 9.97. The number of aliphatic hydroxyl groups is 1. The molecule has 0 spiro atoms. The maximum atomic E-state index is 9.20.